The number of aryl methyl sites for hydroxylation is 2. The Morgan fingerprint density at radius 3 is 2.71 bits per heavy atom. The molecule has 1 aromatic carbocycles. The van der Waals surface area contributed by atoms with E-state index in [-0.39, 0.29) is 6.04 Å². The maximum atomic E-state index is 5.63. The van der Waals surface area contributed by atoms with Crippen molar-refractivity contribution in [2.75, 3.05) is 33.8 Å². The number of likely N-dealkylation sites (tertiary alicyclic amines) is 1. The van der Waals surface area contributed by atoms with Crippen LogP contribution >= 0.6 is 0 Å². The third-order valence-electron chi connectivity index (χ3n) is 5.23. The summed E-state index contributed by atoms with van der Waals surface area (Å²) in [4.78, 5) is 11.3. The number of guanidine groups is 1. The van der Waals surface area contributed by atoms with Gasteiger partial charge < -0.3 is 19.8 Å². The quantitative estimate of drug-likeness (QED) is 0.564. The Labute approximate surface area is 167 Å². The first kappa shape index (κ1) is 20.2. The average Bonchev–Trinajstić information content (AvgIpc) is 3.35. The van der Waals surface area contributed by atoms with Gasteiger partial charge in [0.1, 0.15) is 11.5 Å². The summed E-state index contributed by atoms with van der Waals surface area (Å²) in [5, 5.41) is 6.75. The second kappa shape index (κ2) is 9.59. The van der Waals surface area contributed by atoms with E-state index in [1.807, 2.05) is 19.9 Å². The third kappa shape index (κ3) is 5.04. The van der Waals surface area contributed by atoms with Gasteiger partial charge in [-0.1, -0.05) is 12.1 Å². The Bertz CT molecular complexity index is 776. The molecule has 1 aromatic heterocycles. The lowest BCUT2D eigenvalue weighted by molar-refractivity contribution is 0.245. The zero-order valence-corrected chi connectivity index (χ0v) is 17.3. The molecule has 1 fully saturated rings. The molecule has 0 radical (unpaired) electrons. The minimum atomic E-state index is 0.266. The predicted octanol–water partition coefficient (Wildman–Crippen LogP) is 2.80. The van der Waals surface area contributed by atoms with Gasteiger partial charge in [-0.15, -0.1) is 0 Å². The summed E-state index contributed by atoms with van der Waals surface area (Å²) in [6.07, 6.45) is 2.49. The van der Waals surface area contributed by atoms with Crippen LogP contribution in [0.4, 0.5) is 0 Å². The van der Waals surface area contributed by atoms with Crippen LogP contribution in [0.15, 0.2) is 33.7 Å². The van der Waals surface area contributed by atoms with E-state index < -0.39 is 0 Å². The van der Waals surface area contributed by atoms with Crippen LogP contribution in [-0.2, 0) is 6.54 Å². The molecule has 1 aliphatic rings. The summed E-state index contributed by atoms with van der Waals surface area (Å²) in [6, 6.07) is 8.60. The number of rotatable bonds is 7. The Morgan fingerprint density at radius 1 is 1.29 bits per heavy atom. The Hall–Kier alpha value is -2.54. The topological polar surface area (TPSA) is 74.9 Å². The maximum absolute atomic E-state index is 5.63. The molecule has 7 nitrogen and oxygen atoms in total. The molecular weight excluding hydrogens is 354 g/mol. The molecule has 7 heteroatoms. The molecule has 28 heavy (non-hydrogen) atoms. The van der Waals surface area contributed by atoms with Crippen molar-refractivity contribution in [1.82, 2.24) is 20.5 Å². The van der Waals surface area contributed by atoms with Crippen LogP contribution in [0, 0.1) is 13.8 Å². The number of benzene rings is 1. The van der Waals surface area contributed by atoms with Crippen LogP contribution in [0.25, 0.3) is 0 Å². The number of hydrogen-bond donors (Lipinski definition) is 2. The number of methoxy groups -OCH3 is 1. The van der Waals surface area contributed by atoms with Crippen LogP contribution < -0.4 is 15.4 Å². The Morgan fingerprint density at radius 2 is 2.07 bits per heavy atom. The fourth-order valence-corrected chi connectivity index (χ4v) is 3.55. The molecule has 0 aliphatic carbocycles. The zero-order valence-electron chi connectivity index (χ0n) is 17.3. The van der Waals surface area contributed by atoms with Crippen molar-refractivity contribution in [3.63, 3.8) is 0 Å². The van der Waals surface area contributed by atoms with Crippen molar-refractivity contribution in [3.05, 3.63) is 47.2 Å². The molecule has 2 heterocycles. The van der Waals surface area contributed by atoms with Gasteiger partial charge in [0.15, 0.2) is 5.96 Å². The van der Waals surface area contributed by atoms with Crippen molar-refractivity contribution in [2.45, 2.75) is 39.3 Å². The van der Waals surface area contributed by atoms with Gasteiger partial charge in [-0.05, 0) is 57.5 Å². The highest BCUT2D eigenvalue weighted by Crippen LogP contribution is 2.27. The standard InChI is InChI=1S/C21H31N5O2/c1-15-16(2)28-20(25-15)14-24-21(22-3)23-13-19(26-10-5-6-11-26)17-8-7-9-18(12-17)27-4/h7-9,12,19H,5-6,10-11,13-14H2,1-4H3,(H2,22,23,24). The number of nitrogens with one attached hydrogen (secondary N) is 2. The van der Waals surface area contributed by atoms with Gasteiger partial charge in [0.2, 0.25) is 5.89 Å². The number of ether oxygens (including phenoxy) is 1. The smallest absolute Gasteiger partial charge is 0.214 e. The van der Waals surface area contributed by atoms with Gasteiger partial charge in [-0.2, -0.15) is 0 Å². The van der Waals surface area contributed by atoms with Gasteiger partial charge in [0.25, 0.3) is 0 Å². The maximum Gasteiger partial charge on any atom is 0.214 e. The van der Waals surface area contributed by atoms with Crippen molar-refractivity contribution in [2.24, 2.45) is 4.99 Å². The lowest BCUT2D eigenvalue weighted by atomic mass is 10.1. The number of oxazole rings is 1. The fourth-order valence-electron chi connectivity index (χ4n) is 3.55. The second-order valence-electron chi connectivity index (χ2n) is 7.09. The summed E-state index contributed by atoms with van der Waals surface area (Å²) in [7, 11) is 3.48. The molecule has 0 bridgehead atoms. The molecule has 0 amide bonds. The largest absolute Gasteiger partial charge is 0.497 e. The summed E-state index contributed by atoms with van der Waals surface area (Å²) in [5.74, 6) is 3.15. The van der Waals surface area contributed by atoms with Crippen LogP contribution in [0.5, 0.6) is 5.75 Å². The highest BCUT2D eigenvalue weighted by Gasteiger charge is 2.24. The first-order chi connectivity index (χ1) is 13.6. The van der Waals surface area contributed by atoms with Gasteiger partial charge in [-0.3, -0.25) is 9.89 Å². The molecular formula is C21H31N5O2. The molecule has 0 spiro atoms. The second-order valence-corrected chi connectivity index (χ2v) is 7.09. The van der Waals surface area contributed by atoms with Crippen LogP contribution in [0.1, 0.15) is 41.8 Å². The van der Waals surface area contributed by atoms with Gasteiger partial charge in [0.05, 0.1) is 25.4 Å². The molecule has 0 saturated carbocycles. The van der Waals surface area contributed by atoms with E-state index in [4.69, 9.17) is 9.15 Å². The minimum Gasteiger partial charge on any atom is -0.497 e. The van der Waals surface area contributed by atoms with Gasteiger partial charge in [0, 0.05) is 13.6 Å². The monoisotopic (exact) mass is 385 g/mol. The van der Waals surface area contributed by atoms with E-state index in [1.54, 1.807) is 14.2 Å². The molecule has 1 saturated heterocycles. The summed E-state index contributed by atoms with van der Waals surface area (Å²) in [6.45, 7) is 7.37. The molecule has 1 aliphatic heterocycles. The number of nitrogens with zero attached hydrogens (tertiary/aromatic N) is 3. The molecule has 2 aromatic rings. The molecule has 152 valence electrons. The van der Waals surface area contributed by atoms with Gasteiger partial charge in [-0.25, -0.2) is 4.98 Å². The zero-order chi connectivity index (χ0) is 19.9. The minimum absolute atomic E-state index is 0.266. The molecule has 2 N–H and O–H groups in total. The van der Waals surface area contributed by atoms with Crippen LogP contribution in [-0.4, -0.2) is 49.6 Å². The number of hydrogen-bond acceptors (Lipinski definition) is 5. The normalized spacial score (nSPS) is 16.2. The molecule has 3 rings (SSSR count). The fraction of sp³-hybridized carbons (Fsp3) is 0.524. The molecule has 1 atom stereocenters. The Balaban J connectivity index is 1.64. The van der Waals surface area contributed by atoms with Crippen LogP contribution in [0.3, 0.4) is 0 Å². The first-order valence-corrected chi connectivity index (χ1v) is 9.86. The van der Waals surface area contributed by atoms with E-state index in [0.717, 1.165) is 42.8 Å². The first-order valence-electron chi connectivity index (χ1n) is 9.86. The van der Waals surface area contributed by atoms with E-state index in [0.29, 0.717) is 12.4 Å². The van der Waals surface area contributed by atoms with Crippen molar-refractivity contribution < 1.29 is 9.15 Å². The van der Waals surface area contributed by atoms with E-state index in [1.165, 1.54) is 18.4 Å². The average molecular weight is 386 g/mol. The van der Waals surface area contributed by atoms with Gasteiger partial charge >= 0.3 is 0 Å². The van der Waals surface area contributed by atoms with E-state index in [9.17, 15) is 0 Å². The third-order valence-corrected chi connectivity index (χ3v) is 5.23. The van der Waals surface area contributed by atoms with E-state index >= 15 is 0 Å². The highest BCUT2D eigenvalue weighted by molar-refractivity contribution is 5.79. The number of aliphatic imine (C=N–C) groups is 1. The van der Waals surface area contributed by atoms with Crippen molar-refractivity contribution in [3.8, 4) is 5.75 Å². The predicted molar refractivity (Wildman–Crippen MR) is 111 cm³/mol. The van der Waals surface area contributed by atoms with Crippen molar-refractivity contribution >= 4 is 5.96 Å². The van der Waals surface area contributed by atoms with E-state index in [2.05, 4.69) is 43.7 Å². The SMILES string of the molecule is CN=C(NCc1nc(C)c(C)o1)NCC(c1cccc(OC)c1)N1CCCC1. The number of aromatic nitrogens is 1. The Kier molecular flexibility index (Phi) is 6.92. The lowest BCUT2D eigenvalue weighted by Gasteiger charge is -2.29. The van der Waals surface area contributed by atoms with Crippen LogP contribution in [0.2, 0.25) is 0 Å². The summed E-state index contributed by atoms with van der Waals surface area (Å²) in [5.41, 5.74) is 2.18. The lowest BCUT2D eigenvalue weighted by Crippen LogP contribution is -2.42. The summed E-state index contributed by atoms with van der Waals surface area (Å²) < 4.78 is 11.1. The highest BCUT2D eigenvalue weighted by atomic mass is 16.5. The molecule has 1 unspecified atom stereocenters. The van der Waals surface area contributed by atoms with Crippen molar-refractivity contribution in [1.29, 1.82) is 0 Å². The summed E-state index contributed by atoms with van der Waals surface area (Å²) >= 11 is 0.